The number of nitrogens with zero attached hydrogens (tertiary/aromatic N) is 4. The monoisotopic (exact) mass is 634 g/mol. The maximum absolute atomic E-state index is 13.7. The lowest BCUT2D eigenvalue weighted by atomic mass is 9.68. The molecule has 0 bridgehead atoms. The van der Waals surface area contributed by atoms with Crippen molar-refractivity contribution in [2.24, 2.45) is 11.1 Å². The summed E-state index contributed by atoms with van der Waals surface area (Å²) in [5.74, 6) is -0.325. The number of carbonyl (C=O) groups is 2. The van der Waals surface area contributed by atoms with E-state index in [1.165, 1.54) is 23.1 Å². The van der Waals surface area contributed by atoms with Crippen LogP contribution >= 0.6 is 39.0 Å². The highest BCUT2D eigenvalue weighted by atomic mass is 79.9. The molecule has 8 nitrogen and oxygen atoms in total. The molecular formula is C29H27BrN6O2S2. The van der Waals surface area contributed by atoms with Gasteiger partial charge in [-0.25, -0.2) is 0 Å². The number of ketones is 1. The number of para-hydroxylation sites is 1. The SMILES string of the molecule is Cc1cccc(C2C(C#N)=C(N)N(c3nnc(SCC(=O)Nc4ccccc4Br)s3)C3=C2C(=O)CC(C)(C)C3)c1. The summed E-state index contributed by atoms with van der Waals surface area (Å²) in [5, 5.41) is 22.3. The number of nitrogens with two attached hydrogens (primary N) is 1. The Kier molecular flexibility index (Phi) is 7.86. The van der Waals surface area contributed by atoms with E-state index in [9.17, 15) is 14.9 Å². The van der Waals surface area contributed by atoms with E-state index in [2.05, 4.69) is 51.4 Å². The van der Waals surface area contributed by atoms with Gasteiger partial charge in [-0.15, -0.1) is 10.2 Å². The first-order valence-corrected chi connectivity index (χ1v) is 15.2. The fourth-order valence-electron chi connectivity index (χ4n) is 5.14. The van der Waals surface area contributed by atoms with E-state index in [-0.39, 0.29) is 28.7 Å². The van der Waals surface area contributed by atoms with Crippen molar-refractivity contribution in [3.63, 3.8) is 0 Å². The molecule has 0 radical (unpaired) electrons. The van der Waals surface area contributed by atoms with E-state index < -0.39 is 5.92 Å². The van der Waals surface area contributed by atoms with E-state index in [0.717, 1.165) is 21.3 Å². The molecule has 5 rings (SSSR count). The molecule has 1 amide bonds. The number of hydrogen-bond donors (Lipinski definition) is 2. The van der Waals surface area contributed by atoms with Gasteiger partial charge in [0.05, 0.1) is 29.0 Å². The number of hydrogen-bond acceptors (Lipinski definition) is 9. The zero-order chi connectivity index (χ0) is 28.6. The van der Waals surface area contributed by atoms with Gasteiger partial charge < -0.3 is 11.1 Å². The number of rotatable bonds is 6. The predicted molar refractivity (Wildman–Crippen MR) is 162 cm³/mol. The van der Waals surface area contributed by atoms with Crippen molar-refractivity contribution in [1.29, 1.82) is 5.26 Å². The van der Waals surface area contributed by atoms with Crippen LogP contribution in [0.5, 0.6) is 0 Å². The summed E-state index contributed by atoms with van der Waals surface area (Å²) >= 11 is 5.97. The molecule has 1 aliphatic heterocycles. The second kappa shape index (κ2) is 11.2. The zero-order valence-electron chi connectivity index (χ0n) is 22.2. The van der Waals surface area contributed by atoms with Gasteiger partial charge in [-0.3, -0.25) is 14.5 Å². The highest BCUT2D eigenvalue weighted by Gasteiger charge is 2.45. The molecule has 2 aliphatic rings. The first-order valence-electron chi connectivity index (χ1n) is 12.6. The van der Waals surface area contributed by atoms with Crippen LogP contribution in [0.3, 0.4) is 0 Å². The van der Waals surface area contributed by atoms with Gasteiger partial charge in [0.25, 0.3) is 0 Å². The minimum atomic E-state index is -0.539. The predicted octanol–water partition coefficient (Wildman–Crippen LogP) is 6.28. The Balaban J connectivity index is 1.47. The minimum Gasteiger partial charge on any atom is -0.384 e. The van der Waals surface area contributed by atoms with E-state index in [0.29, 0.717) is 39.1 Å². The van der Waals surface area contributed by atoms with E-state index in [4.69, 9.17) is 5.73 Å². The molecule has 0 spiro atoms. The standard InChI is InChI=1S/C29H27BrN6O2S2/c1-16-7-6-8-17(11-16)24-18(14-31)26(32)36(21-12-29(2,3)13-22(37)25(21)24)27-34-35-28(40-27)39-15-23(38)33-20-10-5-4-9-19(20)30/h4-11,24H,12-13,15,32H2,1-3H3,(H,33,38). The molecule has 0 fully saturated rings. The highest BCUT2D eigenvalue weighted by Crippen LogP contribution is 2.50. The molecule has 3 aromatic rings. The Bertz CT molecular complexity index is 1620. The van der Waals surface area contributed by atoms with Crippen LogP contribution in [-0.2, 0) is 9.59 Å². The van der Waals surface area contributed by atoms with Crippen LogP contribution in [0.25, 0.3) is 0 Å². The average molecular weight is 636 g/mol. The number of aromatic nitrogens is 2. The summed E-state index contributed by atoms with van der Waals surface area (Å²) in [6, 6.07) is 17.5. The topological polar surface area (TPSA) is 125 Å². The van der Waals surface area contributed by atoms with Crippen molar-refractivity contribution >= 4 is 61.5 Å². The summed E-state index contributed by atoms with van der Waals surface area (Å²) in [4.78, 5) is 28.0. The molecule has 0 saturated heterocycles. The molecule has 40 heavy (non-hydrogen) atoms. The second-order valence-corrected chi connectivity index (χ2v) is 13.6. The summed E-state index contributed by atoms with van der Waals surface area (Å²) in [5.41, 5.74) is 10.7. The minimum absolute atomic E-state index is 0.00543. The van der Waals surface area contributed by atoms with Gasteiger partial charge >= 0.3 is 0 Å². The molecule has 3 N–H and O–H groups in total. The Morgan fingerprint density at radius 3 is 2.75 bits per heavy atom. The largest absolute Gasteiger partial charge is 0.384 e. The van der Waals surface area contributed by atoms with Gasteiger partial charge in [0, 0.05) is 22.2 Å². The maximum Gasteiger partial charge on any atom is 0.234 e. The molecule has 2 aromatic carbocycles. The molecule has 11 heteroatoms. The van der Waals surface area contributed by atoms with Gasteiger partial charge in [0.1, 0.15) is 5.82 Å². The van der Waals surface area contributed by atoms with Crippen LogP contribution in [0.15, 0.2) is 80.0 Å². The number of thioether (sulfide) groups is 1. The van der Waals surface area contributed by atoms with Crippen molar-refractivity contribution in [2.75, 3.05) is 16.0 Å². The lowest BCUT2D eigenvalue weighted by Crippen LogP contribution is -2.42. The van der Waals surface area contributed by atoms with Crippen molar-refractivity contribution in [3.05, 3.63) is 86.8 Å². The molecule has 1 aliphatic carbocycles. The first-order chi connectivity index (χ1) is 19.1. The Hall–Kier alpha value is -3.46. The second-order valence-electron chi connectivity index (χ2n) is 10.6. The van der Waals surface area contributed by atoms with Crippen molar-refractivity contribution in [2.45, 2.75) is 43.9 Å². The summed E-state index contributed by atoms with van der Waals surface area (Å²) < 4.78 is 1.37. The molecular weight excluding hydrogens is 608 g/mol. The number of nitrogens with one attached hydrogen (secondary N) is 1. The van der Waals surface area contributed by atoms with Crippen molar-refractivity contribution in [3.8, 4) is 6.07 Å². The lowest BCUT2D eigenvalue weighted by Gasteiger charge is -2.42. The third-order valence-electron chi connectivity index (χ3n) is 6.82. The number of nitriles is 1. The molecule has 1 aromatic heterocycles. The molecule has 204 valence electrons. The van der Waals surface area contributed by atoms with Crippen molar-refractivity contribution in [1.82, 2.24) is 10.2 Å². The smallest absolute Gasteiger partial charge is 0.234 e. The number of Topliss-reactive ketones (excluding diaryl/α,β-unsaturated/α-hetero) is 1. The number of allylic oxidation sites excluding steroid dienone is 3. The van der Waals surface area contributed by atoms with Crippen LogP contribution in [0.1, 0.15) is 43.7 Å². The van der Waals surface area contributed by atoms with Gasteiger partial charge in [-0.1, -0.05) is 78.9 Å². The number of carbonyl (C=O) groups excluding carboxylic acids is 2. The number of anilines is 2. The summed E-state index contributed by atoms with van der Waals surface area (Å²) in [6.07, 6.45) is 0.969. The van der Waals surface area contributed by atoms with Crippen LogP contribution in [-0.4, -0.2) is 27.6 Å². The van der Waals surface area contributed by atoms with Crippen LogP contribution < -0.4 is 16.0 Å². The average Bonchev–Trinajstić information content (AvgIpc) is 3.36. The van der Waals surface area contributed by atoms with Gasteiger partial charge in [-0.2, -0.15) is 5.26 Å². The van der Waals surface area contributed by atoms with E-state index in [1.54, 1.807) is 4.90 Å². The molecule has 1 unspecified atom stereocenters. The van der Waals surface area contributed by atoms with Gasteiger partial charge in [0.2, 0.25) is 11.0 Å². The third-order valence-corrected chi connectivity index (χ3v) is 9.55. The first kappa shape index (κ1) is 28.1. The maximum atomic E-state index is 13.7. The molecule has 1 atom stereocenters. The summed E-state index contributed by atoms with van der Waals surface area (Å²) in [7, 11) is 0. The summed E-state index contributed by atoms with van der Waals surface area (Å²) in [6.45, 7) is 6.09. The van der Waals surface area contributed by atoms with Crippen LogP contribution in [0.2, 0.25) is 0 Å². The fourth-order valence-corrected chi connectivity index (χ4v) is 7.20. The number of halogens is 1. The highest BCUT2D eigenvalue weighted by molar-refractivity contribution is 9.10. The third kappa shape index (κ3) is 5.57. The van der Waals surface area contributed by atoms with Crippen molar-refractivity contribution < 1.29 is 9.59 Å². The fraction of sp³-hybridized carbons (Fsp3) is 0.276. The molecule has 0 saturated carbocycles. The quantitative estimate of drug-likeness (QED) is 0.303. The van der Waals surface area contributed by atoms with Crippen LogP contribution in [0.4, 0.5) is 10.8 Å². The van der Waals surface area contributed by atoms with Gasteiger partial charge in [0.15, 0.2) is 10.1 Å². The van der Waals surface area contributed by atoms with Crippen LogP contribution in [0, 0.1) is 23.7 Å². The number of benzene rings is 2. The molecule has 2 heterocycles. The van der Waals surface area contributed by atoms with E-state index in [1.807, 2.05) is 55.5 Å². The van der Waals surface area contributed by atoms with Gasteiger partial charge in [-0.05, 0) is 52.4 Å². The zero-order valence-corrected chi connectivity index (χ0v) is 25.4. The normalized spacial score (nSPS) is 18.4. The Labute approximate surface area is 249 Å². The number of aryl methyl sites for hydroxylation is 1. The Morgan fingerprint density at radius 2 is 2.02 bits per heavy atom. The lowest BCUT2D eigenvalue weighted by molar-refractivity contribution is -0.118. The number of amides is 1. The van der Waals surface area contributed by atoms with E-state index >= 15 is 0 Å². The Morgan fingerprint density at radius 1 is 1.25 bits per heavy atom.